The second kappa shape index (κ2) is 35.0. The number of phosphoric ester groups is 1. The van der Waals surface area contributed by atoms with Crippen LogP contribution in [0, 0.1) is 0 Å². The standard InChI is InChI=1S/C39H72NO10P/c1-3-5-7-9-11-13-15-16-17-18-19-21-23-25-27-29-31-38(42)50-35(33-48-51(45,46)49-34-36(40)39(43)44)32-47-37(41)30-28-26-24-22-20-14-12-10-8-6-4-2/h13,15,17-18,35-36H,3-12,14,16,19-34,40H2,1-2H3,(H,43,44)(H,45,46)/b15-13-,18-17-. The molecule has 0 aromatic carbocycles. The summed E-state index contributed by atoms with van der Waals surface area (Å²) < 4.78 is 32.6. The fourth-order valence-electron chi connectivity index (χ4n) is 5.27. The average Bonchev–Trinajstić information content (AvgIpc) is 3.10. The van der Waals surface area contributed by atoms with Crippen molar-refractivity contribution in [3.05, 3.63) is 24.3 Å². The molecule has 3 atom stereocenters. The Labute approximate surface area is 309 Å². The number of phosphoric acid groups is 1. The molecule has 0 radical (unpaired) electrons. The molecule has 0 heterocycles. The lowest BCUT2D eigenvalue weighted by atomic mass is 10.1. The van der Waals surface area contributed by atoms with Crippen LogP contribution < -0.4 is 5.73 Å². The summed E-state index contributed by atoms with van der Waals surface area (Å²) in [5, 5.41) is 8.86. The average molecular weight is 746 g/mol. The Morgan fingerprint density at radius 2 is 1.04 bits per heavy atom. The van der Waals surface area contributed by atoms with Crippen LogP contribution in [0.3, 0.4) is 0 Å². The van der Waals surface area contributed by atoms with E-state index >= 15 is 0 Å². The van der Waals surface area contributed by atoms with E-state index in [-0.39, 0.29) is 19.4 Å². The summed E-state index contributed by atoms with van der Waals surface area (Å²) in [5.41, 5.74) is 5.32. The third-order valence-electron chi connectivity index (χ3n) is 8.45. The molecule has 0 aliphatic rings. The van der Waals surface area contributed by atoms with Gasteiger partial charge in [0, 0.05) is 12.8 Å². The van der Waals surface area contributed by atoms with E-state index in [1.54, 1.807) is 0 Å². The molecule has 0 bridgehead atoms. The van der Waals surface area contributed by atoms with Crippen molar-refractivity contribution in [2.45, 2.75) is 187 Å². The van der Waals surface area contributed by atoms with E-state index in [9.17, 15) is 23.8 Å². The minimum Gasteiger partial charge on any atom is -0.480 e. The zero-order valence-corrected chi connectivity index (χ0v) is 32.8. The number of carboxylic acids is 1. The monoisotopic (exact) mass is 745 g/mol. The number of hydrogen-bond donors (Lipinski definition) is 3. The fraction of sp³-hybridized carbons (Fsp3) is 0.821. The first-order valence-electron chi connectivity index (χ1n) is 19.9. The molecule has 0 aliphatic carbocycles. The summed E-state index contributed by atoms with van der Waals surface area (Å²) in [6.45, 7) is 2.75. The molecule has 298 valence electrons. The second-order valence-electron chi connectivity index (χ2n) is 13.4. The minimum atomic E-state index is -4.71. The van der Waals surface area contributed by atoms with Gasteiger partial charge in [0.25, 0.3) is 0 Å². The van der Waals surface area contributed by atoms with Gasteiger partial charge in [-0.3, -0.25) is 23.4 Å². The predicted molar refractivity (Wildman–Crippen MR) is 203 cm³/mol. The van der Waals surface area contributed by atoms with Crippen LogP contribution in [0.2, 0.25) is 0 Å². The fourth-order valence-corrected chi connectivity index (χ4v) is 6.05. The number of allylic oxidation sites excluding steroid dienone is 4. The number of carboxylic acid groups (broad SMARTS) is 1. The number of nitrogens with two attached hydrogens (primary N) is 1. The first-order chi connectivity index (χ1) is 24.6. The van der Waals surface area contributed by atoms with Gasteiger partial charge in [0.05, 0.1) is 13.2 Å². The van der Waals surface area contributed by atoms with E-state index in [0.29, 0.717) is 12.8 Å². The Hall–Kier alpha value is -2.04. The molecule has 51 heavy (non-hydrogen) atoms. The van der Waals surface area contributed by atoms with Crippen molar-refractivity contribution in [1.29, 1.82) is 0 Å². The maximum Gasteiger partial charge on any atom is 0.472 e. The smallest absolute Gasteiger partial charge is 0.472 e. The normalized spacial score (nSPS) is 14.1. The largest absolute Gasteiger partial charge is 0.480 e. The zero-order valence-electron chi connectivity index (χ0n) is 31.9. The third-order valence-corrected chi connectivity index (χ3v) is 9.40. The number of unbranched alkanes of at least 4 members (excludes halogenated alkanes) is 19. The van der Waals surface area contributed by atoms with Crippen molar-refractivity contribution < 1.29 is 47.5 Å². The molecule has 0 saturated carbocycles. The van der Waals surface area contributed by atoms with Gasteiger partial charge in [-0.25, -0.2) is 4.57 Å². The highest BCUT2D eigenvalue weighted by Crippen LogP contribution is 2.43. The Kier molecular flexibility index (Phi) is 33.6. The lowest BCUT2D eigenvalue weighted by molar-refractivity contribution is -0.161. The van der Waals surface area contributed by atoms with Crippen LogP contribution in [0.4, 0.5) is 0 Å². The number of aliphatic carboxylic acids is 1. The van der Waals surface area contributed by atoms with Gasteiger partial charge < -0.3 is 25.2 Å². The molecule has 0 fully saturated rings. The molecule has 3 unspecified atom stereocenters. The summed E-state index contributed by atoms with van der Waals surface area (Å²) in [6, 6.07) is -1.52. The number of carbonyl (C=O) groups is 3. The lowest BCUT2D eigenvalue weighted by Gasteiger charge is -2.20. The van der Waals surface area contributed by atoms with E-state index in [0.717, 1.165) is 64.2 Å². The summed E-state index contributed by atoms with van der Waals surface area (Å²) in [7, 11) is -4.71. The highest BCUT2D eigenvalue weighted by atomic mass is 31.2. The third kappa shape index (κ3) is 34.8. The number of hydrogen-bond acceptors (Lipinski definition) is 9. The predicted octanol–water partition coefficient (Wildman–Crippen LogP) is 9.89. The molecule has 0 aliphatic heterocycles. The molecule has 0 rings (SSSR count). The molecule has 0 spiro atoms. The highest BCUT2D eigenvalue weighted by Gasteiger charge is 2.28. The van der Waals surface area contributed by atoms with E-state index in [4.69, 9.17) is 24.8 Å². The second-order valence-corrected chi connectivity index (χ2v) is 14.9. The van der Waals surface area contributed by atoms with E-state index < -0.39 is 51.1 Å². The van der Waals surface area contributed by atoms with Gasteiger partial charge in [0.1, 0.15) is 12.6 Å². The van der Waals surface area contributed by atoms with Gasteiger partial charge in [-0.2, -0.15) is 0 Å². The topological polar surface area (TPSA) is 172 Å². The zero-order chi connectivity index (χ0) is 37.8. The van der Waals surface area contributed by atoms with Crippen LogP contribution in [0.5, 0.6) is 0 Å². The van der Waals surface area contributed by atoms with Crippen LogP contribution in [0.15, 0.2) is 24.3 Å². The van der Waals surface area contributed by atoms with Crippen LogP contribution >= 0.6 is 7.82 Å². The SMILES string of the molecule is CCCCCC/C=C\C/C=C\CCCCCCCC(=O)OC(COC(=O)CCCCCCCCCCCCC)COP(=O)(O)OCC(N)C(=O)O. The number of ether oxygens (including phenoxy) is 2. The van der Waals surface area contributed by atoms with Crippen molar-refractivity contribution in [3.63, 3.8) is 0 Å². The maximum absolute atomic E-state index is 12.6. The summed E-state index contributed by atoms with van der Waals surface area (Å²) in [6.07, 6.45) is 33.9. The summed E-state index contributed by atoms with van der Waals surface area (Å²) in [4.78, 5) is 45.7. The number of esters is 2. The number of rotatable bonds is 37. The van der Waals surface area contributed by atoms with Crippen molar-refractivity contribution in [2.75, 3.05) is 19.8 Å². The van der Waals surface area contributed by atoms with Crippen LogP contribution in [-0.2, 0) is 37.5 Å². The van der Waals surface area contributed by atoms with Crippen molar-refractivity contribution in [2.24, 2.45) is 5.73 Å². The minimum absolute atomic E-state index is 0.147. The molecule has 0 aromatic heterocycles. The van der Waals surface area contributed by atoms with Gasteiger partial charge >= 0.3 is 25.7 Å². The molecular formula is C39H72NO10P. The summed E-state index contributed by atoms with van der Waals surface area (Å²) in [5.74, 6) is -2.39. The molecule has 11 nitrogen and oxygen atoms in total. The lowest BCUT2D eigenvalue weighted by Crippen LogP contribution is -2.34. The molecule has 4 N–H and O–H groups in total. The van der Waals surface area contributed by atoms with Gasteiger partial charge in [-0.05, 0) is 44.9 Å². The van der Waals surface area contributed by atoms with E-state index in [2.05, 4.69) is 42.7 Å². The quantitative estimate of drug-likeness (QED) is 0.0239. The highest BCUT2D eigenvalue weighted by molar-refractivity contribution is 7.47. The molecule has 12 heteroatoms. The molecule has 0 aromatic rings. The van der Waals surface area contributed by atoms with Gasteiger partial charge in [-0.15, -0.1) is 0 Å². The Morgan fingerprint density at radius 3 is 1.55 bits per heavy atom. The van der Waals surface area contributed by atoms with Gasteiger partial charge in [-0.1, -0.05) is 141 Å². The van der Waals surface area contributed by atoms with Crippen LogP contribution in [0.25, 0.3) is 0 Å². The van der Waals surface area contributed by atoms with Crippen molar-refractivity contribution >= 4 is 25.7 Å². The molecule has 0 amide bonds. The first-order valence-corrected chi connectivity index (χ1v) is 21.4. The Morgan fingerprint density at radius 1 is 0.608 bits per heavy atom. The van der Waals surface area contributed by atoms with Crippen LogP contribution in [0.1, 0.15) is 174 Å². The van der Waals surface area contributed by atoms with Gasteiger partial charge in [0.15, 0.2) is 6.10 Å². The Balaban J connectivity index is 4.43. The summed E-state index contributed by atoms with van der Waals surface area (Å²) >= 11 is 0. The van der Waals surface area contributed by atoms with Crippen molar-refractivity contribution in [3.8, 4) is 0 Å². The van der Waals surface area contributed by atoms with Crippen molar-refractivity contribution in [1.82, 2.24) is 0 Å². The van der Waals surface area contributed by atoms with E-state index in [1.807, 2.05) is 0 Å². The molecular weight excluding hydrogens is 673 g/mol. The van der Waals surface area contributed by atoms with Crippen LogP contribution in [-0.4, -0.2) is 59.9 Å². The van der Waals surface area contributed by atoms with Gasteiger partial charge in [0.2, 0.25) is 0 Å². The molecule has 0 saturated heterocycles. The number of carbonyl (C=O) groups excluding carboxylic acids is 2. The maximum atomic E-state index is 12.6. The Bertz CT molecular complexity index is 974. The first kappa shape index (κ1) is 49.0. The van der Waals surface area contributed by atoms with E-state index in [1.165, 1.54) is 70.6 Å².